The van der Waals surface area contributed by atoms with Gasteiger partial charge in [0.1, 0.15) is 5.82 Å². The van der Waals surface area contributed by atoms with Crippen molar-refractivity contribution in [1.82, 2.24) is 9.88 Å². The number of halogens is 1. The molecule has 6 heteroatoms. The number of benzene rings is 1. The number of para-hydroxylation sites is 1. The van der Waals surface area contributed by atoms with Gasteiger partial charge in [0.2, 0.25) is 0 Å². The summed E-state index contributed by atoms with van der Waals surface area (Å²) in [5.74, 6) is -0.403. The Bertz CT molecular complexity index is 714. The summed E-state index contributed by atoms with van der Waals surface area (Å²) >= 11 is 0. The molecule has 22 heavy (non-hydrogen) atoms. The number of nitrogens with two attached hydrogens (primary N) is 1. The van der Waals surface area contributed by atoms with E-state index in [2.05, 4.69) is 9.88 Å². The summed E-state index contributed by atoms with van der Waals surface area (Å²) in [7, 11) is 0. The topological polar surface area (TPSA) is 71.3 Å². The number of morpholine rings is 1. The van der Waals surface area contributed by atoms with Gasteiger partial charge in [-0.1, -0.05) is 6.07 Å². The lowest BCUT2D eigenvalue weighted by molar-refractivity contribution is -0.0338. The Morgan fingerprint density at radius 3 is 3.14 bits per heavy atom. The number of nitrogens with zero attached hydrogens (tertiary/aromatic N) is 1. The molecular weight excluding hydrogens is 285 g/mol. The Morgan fingerprint density at radius 1 is 1.45 bits per heavy atom. The molecule has 1 aromatic carbocycles. The molecule has 2 aromatic rings. The lowest BCUT2D eigenvalue weighted by atomic mass is 10.1. The zero-order valence-corrected chi connectivity index (χ0v) is 12.3. The Labute approximate surface area is 127 Å². The number of aromatic nitrogens is 1. The number of nitrogens with one attached hydrogen (secondary N) is 1. The van der Waals surface area contributed by atoms with Crippen LogP contribution in [-0.2, 0) is 11.3 Å². The van der Waals surface area contributed by atoms with E-state index >= 15 is 0 Å². The number of rotatable bonds is 4. The highest BCUT2D eigenvalue weighted by Crippen LogP contribution is 2.15. The van der Waals surface area contributed by atoms with E-state index in [9.17, 15) is 9.18 Å². The lowest BCUT2D eigenvalue weighted by Gasteiger charge is -2.32. The molecular formula is C16H20FN3O2. The van der Waals surface area contributed by atoms with Crippen molar-refractivity contribution in [3.63, 3.8) is 0 Å². The molecule has 3 rings (SSSR count). The van der Waals surface area contributed by atoms with Crippen LogP contribution >= 0.6 is 0 Å². The van der Waals surface area contributed by atoms with Gasteiger partial charge in [-0.25, -0.2) is 4.39 Å². The average molecular weight is 305 g/mol. The van der Waals surface area contributed by atoms with Crippen LogP contribution < -0.4 is 11.2 Å². The van der Waals surface area contributed by atoms with Gasteiger partial charge in [0.25, 0.3) is 0 Å². The van der Waals surface area contributed by atoms with Crippen molar-refractivity contribution in [1.29, 1.82) is 0 Å². The number of H-pyrrole nitrogens is 1. The first-order valence-corrected chi connectivity index (χ1v) is 7.52. The van der Waals surface area contributed by atoms with Gasteiger partial charge in [-0.2, -0.15) is 0 Å². The molecule has 1 aliphatic rings. The number of fused-ring (bicyclic) bond motifs is 1. The van der Waals surface area contributed by atoms with Crippen molar-refractivity contribution < 1.29 is 9.13 Å². The van der Waals surface area contributed by atoms with Gasteiger partial charge in [0.15, 0.2) is 5.43 Å². The molecule has 1 aromatic heterocycles. The summed E-state index contributed by atoms with van der Waals surface area (Å²) in [4.78, 5) is 17.4. The van der Waals surface area contributed by atoms with Gasteiger partial charge in [0.05, 0.1) is 18.2 Å². The van der Waals surface area contributed by atoms with Crippen LogP contribution in [0.15, 0.2) is 29.1 Å². The number of hydrogen-bond acceptors (Lipinski definition) is 4. The molecule has 0 amide bonds. The molecule has 2 heterocycles. The maximum Gasteiger partial charge on any atom is 0.189 e. The Morgan fingerprint density at radius 2 is 2.32 bits per heavy atom. The van der Waals surface area contributed by atoms with Gasteiger partial charge >= 0.3 is 0 Å². The first kappa shape index (κ1) is 15.1. The smallest absolute Gasteiger partial charge is 0.189 e. The van der Waals surface area contributed by atoms with Crippen LogP contribution in [-0.4, -0.2) is 42.2 Å². The summed E-state index contributed by atoms with van der Waals surface area (Å²) in [5, 5.41) is 0.381. The van der Waals surface area contributed by atoms with Crippen molar-refractivity contribution >= 4 is 10.9 Å². The molecule has 3 N–H and O–H groups in total. The summed E-state index contributed by atoms with van der Waals surface area (Å²) in [6.07, 6.45) is 0.946. The SMILES string of the molecule is NCC[C@@H]1CN(Cc2cc(=O)c3cccc(F)c3[nH]2)CCO1. The predicted molar refractivity (Wildman–Crippen MR) is 83.2 cm³/mol. The summed E-state index contributed by atoms with van der Waals surface area (Å²) in [6, 6.07) is 6.09. The minimum absolute atomic E-state index is 0.127. The third-order valence-electron chi connectivity index (χ3n) is 3.98. The van der Waals surface area contributed by atoms with Crippen LogP contribution in [0, 0.1) is 5.82 Å². The standard InChI is InChI=1S/C16H20FN3O2/c17-14-3-1-2-13-15(21)8-11(19-16(13)14)9-20-6-7-22-12(10-20)4-5-18/h1-3,8,12H,4-7,9-10,18H2,(H,19,21)/t12-/m1/s1. The van der Waals surface area contributed by atoms with Crippen molar-refractivity contribution in [2.45, 2.75) is 19.1 Å². The Balaban J connectivity index is 1.82. The Kier molecular flexibility index (Phi) is 4.52. The number of pyridine rings is 1. The number of ether oxygens (including phenoxy) is 1. The van der Waals surface area contributed by atoms with Crippen molar-refractivity contribution in [3.05, 3.63) is 46.0 Å². The summed E-state index contributed by atoms with van der Waals surface area (Å²) in [5.41, 5.74) is 6.40. The average Bonchev–Trinajstić information content (AvgIpc) is 2.49. The zero-order chi connectivity index (χ0) is 15.5. The zero-order valence-electron chi connectivity index (χ0n) is 12.3. The molecule has 0 unspecified atom stereocenters. The molecule has 1 fully saturated rings. The van der Waals surface area contributed by atoms with Crippen molar-refractivity contribution in [3.8, 4) is 0 Å². The predicted octanol–water partition coefficient (Wildman–Crippen LogP) is 1.22. The number of hydrogen-bond donors (Lipinski definition) is 2. The fraction of sp³-hybridized carbons (Fsp3) is 0.438. The highest BCUT2D eigenvalue weighted by atomic mass is 19.1. The second kappa shape index (κ2) is 6.56. The van der Waals surface area contributed by atoms with E-state index in [0.29, 0.717) is 25.1 Å². The molecule has 1 aliphatic heterocycles. The fourth-order valence-electron chi connectivity index (χ4n) is 2.90. The highest BCUT2D eigenvalue weighted by Gasteiger charge is 2.20. The second-order valence-corrected chi connectivity index (χ2v) is 5.63. The van der Waals surface area contributed by atoms with Gasteiger partial charge < -0.3 is 15.5 Å². The van der Waals surface area contributed by atoms with E-state index in [-0.39, 0.29) is 17.0 Å². The molecule has 0 bridgehead atoms. The van der Waals surface area contributed by atoms with E-state index in [1.165, 1.54) is 6.07 Å². The highest BCUT2D eigenvalue weighted by molar-refractivity contribution is 5.78. The van der Waals surface area contributed by atoms with E-state index in [0.717, 1.165) is 25.2 Å². The number of aromatic amines is 1. The van der Waals surface area contributed by atoms with Gasteiger partial charge in [-0.3, -0.25) is 9.69 Å². The maximum absolute atomic E-state index is 13.9. The molecule has 1 saturated heterocycles. The first-order valence-electron chi connectivity index (χ1n) is 7.52. The van der Waals surface area contributed by atoms with E-state index < -0.39 is 5.82 Å². The summed E-state index contributed by atoms with van der Waals surface area (Å²) in [6.45, 7) is 3.38. The Hall–Kier alpha value is -1.76. The lowest BCUT2D eigenvalue weighted by Crippen LogP contribution is -2.42. The maximum atomic E-state index is 13.9. The van der Waals surface area contributed by atoms with Crippen LogP contribution in [0.1, 0.15) is 12.1 Å². The van der Waals surface area contributed by atoms with Gasteiger partial charge in [0, 0.05) is 36.8 Å². The monoisotopic (exact) mass is 305 g/mol. The molecule has 0 spiro atoms. The largest absolute Gasteiger partial charge is 0.376 e. The van der Waals surface area contributed by atoms with Crippen LogP contribution in [0.25, 0.3) is 10.9 Å². The van der Waals surface area contributed by atoms with Crippen LogP contribution in [0.4, 0.5) is 4.39 Å². The molecule has 0 radical (unpaired) electrons. The molecule has 5 nitrogen and oxygen atoms in total. The molecule has 1 atom stereocenters. The van der Waals surface area contributed by atoms with E-state index in [1.807, 2.05) is 0 Å². The fourth-order valence-corrected chi connectivity index (χ4v) is 2.90. The minimum Gasteiger partial charge on any atom is -0.376 e. The molecule has 118 valence electrons. The van der Waals surface area contributed by atoms with E-state index in [1.54, 1.807) is 18.2 Å². The van der Waals surface area contributed by atoms with Gasteiger partial charge in [-0.15, -0.1) is 0 Å². The third-order valence-corrected chi connectivity index (χ3v) is 3.98. The molecule has 0 saturated carbocycles. The van der Waals surface area contributed by atoms with Crippen LogP contribution in [0.2, 0.25) is 0 Å². The minimum atomic E-state index is -0.403. The quantitative estimate of drug-likeness (QED) is 0.891. The van der Waals surface area contributed by atoms with Crippen LogP contribution in [0.5, 0.6) is 0 Å². The first-order chi connectivity index (χ1) is 10.7. The van der Waals surface area contributed by atoms with Crippen molar-refractivity contribution in [2.75, 3.05) is 26.2 Å². The normalized spacial score (nSPS) is 19.6. The molecule has 0 aliphatic carbocycles. The van der Waals surface area contributed by atoms with Crippen molar-refractivity contribution in [2.24, 2.45) is 5.73 Å². The summed E-state index contributed by atoms with van der Waals surface area (Å²) < 4.78 is 19.5. The van der Waals surface area contributed by atoms with Crippen LogP contribution in [0.3, 0.4) is 0 Å². The van der Waals surface area contributed by atoms with Gasteiger partial charge in [-0.05, 0) is 25.1 Å². The second-order valence-electron chi connectivity index (χ2n) is 5.63. The third kappa shape index (κ3) is 3.19. The van der Waals surface area contributed by atoms with E-state index in [4.69, 9.17) is 10.5 Å².